The lowest BCUT2D eigenvalue weighted by molar-refractivity contribution is 0.379. The summed E-state index contributed by atoms with van der Waals surface area (Å²) in [6.07, 6.45) is 1.80. The maximum absolute atomic E-state index is 12.7. The minimum atomic E-state index is -0.870. The number of halogens is 1. The predicted molar refractivity (Wildman–Crippen MR) is 49.9 cm³/mol. The first-order chi connectivity index (χ1) is 5.83. The van der Waals surface area contributed by atoms with Crippen LogP contribution in [0.15, 0.2) is 43.0 Å². The third kappa shape index (κ3) is 2.87. The van der Waals surface area contributed by atoms with Crippen LogP contribution >= 0.6 is 0 Å². The third-order valence-electron chi connectivity index (χ3n) is 1.81. The average molecular weight is 164 g/mol. The van der Waals surface area contributed by atoms with Gasteiger partial charge in [-0.25, -0.2) is 4.39 Å². The second-order valence-corrected chi connectivity index (χ2v) is 2.78. The van der Waals surface area contributed by atoms with Crippen molar-refractivity contribution in [1.82, 2.24) is 0 Å². The van der Waals surface area contributed by atoms with E-state index in [1.807, 2.05) is 30.3 Å². The van der Waals surface area contributed by atoms with Gasteiger partial charge in [0, 0.05) is 0 Å². The molecule has 1 aromatic rings. The van der Waals surface area contributed by atoms with E-state index in [0.717, 1.165) is 6.42 Å². The molecule has 1 atom stereocenters. The lowest BCUT2D eigenvalue weighted by Crippen LogP contribution is -1.96. The zero-order valence-electron chi connectivity index (χ0n) is 7.04. The average Bonchev–Trinajstić information content (AvgIpc) is 2.16. The van der Waals surface area contributed by atoms with Crippen LogP contribution in [-0.2, 0) is 6.42 Å². The van der Waals surface area contributed by atoms with Crippen molar-refractivity contribution in [3.8, 4) is 0 Å². The van der Waals surface area contributed by atoms with E-state index in [1.165, 1.54) is 11.6 Å². The van der Waals surface area contributed by atoms with Crippen molar-refractivity contribution >= 4 is 0 Å². The maximum atomic E-state index is 12.7. The fraction of sp³-hybridized carbons (Fsp3) is 0.273. The van der Waals surface area contributed by atoms with Gasteiger partial charge in [0.2, 0.25) is 0 Å². The number of hydrogen-bond acceptors (Lipinski definition) is 0. The highest BCUT2D eigenvalue weighted by atomic mass is 19.1. The van der Waals surface area contributed by atoms with Crippen LogP contribution in [0.4, 0.5) is 4.39 Å². The van der Waals surface area contributed by atoms with E-state index >= 15 is 0 Å². The van der Waals surface area contributed by atoms with Crippen LogP contribution in [0.3, 0.4) is 0 Å². The topological polar surface area (TPSA) is 0 Å². The van der Waals surface area contributed by atoms with E-state index in [2.05, 4.69) is 6.58 Å². The summed E-state index contributed by atoms with van der Waals surface area (Å²) in [7, 11) is 0. The molecule has 0 aliphatic rings. The van der Waals surface area contributed by atoms with E-state index in [1.54, 1.807) is 0 Å². The van der Waals surface area contributed by atoms with Gasteiger partial charge in [0.15, 0.2) is 0 Å². The second kappa shape index (κ2) is 4.70. The molecule has 0 saturated carbocycles. The van der Waals surface area contributed by atoms with E-state index < -0.39 is 6.17 Å². The lowest BCUT2D eigenvalue weighted by Gasteiger charge is -2.01. The molecule has 0 nitrogen and oxygen atoms in total. The van der Waals surface area contributed by atoms with Crippen LogP contribution in [-0.4, -0.2) is 6.17 Å². The summed E-state index contributed by atoms with van der Waals surface area (Å²) >= 11 is 0. The maximum Gasteiger partial charge on any atom is 0.118 e. The molecule has 0 amide bonds. The quantitative estimate of drug-likeness (QED) is 0.600. The van der Waals surface area contributed by atoms with Crippen molar-refractivity contribution in [2.75, 3.05) is 0 Å². The Morgan fingerprint density at radius 1 is 1.33 bits per heavy atom. The molecule has 0 saturated heterocycles. The van der Waals surface area contributed by atoms with E-state index in [0.29, 0.717) is 6.42 Å². The van der Waals surface area contributed by atoms with Crippen molar-refractivity contribution in [2.24, 2.45) is 0 Å². The number of rotatable bonds is 4. The summed E-state index contributed by atoms with van der Waals surface area (Å²) in [5, 5.41) is 0. The Morgan fingerprint density at radius 3 is 2.58 bits per heavy atom. The van der Waals surface area contributed by atoms with Gasteiger partial charge in [-0.15, -0.1) is 6.58 Å². The Bertz CT molecular complexity index is 228. The van der Waals surface area contributed by atoms with E-state index in [4.69, 9.17) is 0 Å². The zero-order chi connectivity index (χ0) is 8.81. The van der Waals surface area contributed by atoms with Crippen LogP contribution in [0, 0.1) is 0 Å². The molecule has 0 aliphatic carbocycles. The van der Waals surface area contributed by atoms with Crippen LogP contribution in [0.5, 0.6) is 0 Å². The Labute approximate surface area is 72.7 Å². The highest BCUT2D eigenvalue weighted by Crippen LogP contribution is 2.07. The van der Waals surface area contributed by atoms with Crippen LogP contribution in [0.2, 0.25) is 0 Å². The molecular weight excluding hydrogens is 151 g/mol. The smallest absolute Gasteiger partial charge is 0.118 e. The number of alkyl halides is 1. The Balaban J connectivity index is 2.38. The molecule has 1 heteroatoms. The highest BCUT2D eigenvalue weighted by molar-refractivity contribution is 5.14. The largest absolute Gasteiger partial charge is 0.243 e. The summed E-state index contributed by atoms with van der Waals surface area (Å²) < 4.78 is 12.7. The second-order valence-electron chi connectivity index (χ2n) is 2.78. The number of aryl methyl sites for hydroxylation is 1. The van der Waals surface area contributed by atoms with Gasteiger partial charge < -0.3 is 0 Å². The monoisotopic (exact) mass is 164 g/mol. The van der Waals surface area contributed by atoms with Crippen molar-refractivity contribution < 1.29 is 4.39 Å². The fourth-order valence-electron chi connectivity index (χ4n) is 1.07. The van der Waals surface area contributed by atoms with Crippen LogP contribution in [0.25, 0.3) is 0 Å². The minimum Gasteiger partial charge on any atom is -0.243 e. The normalized spacial score (nSPS) is 12.4. The Hall–Kier alpha value is -1.11. The summed E-state index contributed by atoms with van der Waals surface area (Å²) in [6, 6.07) is 9.92. The van der Waals surface area contributed by atoms with Gasteiger partial charge in [-0.1, -0.05) is 36.4 Å². The standard InChI is InChI=1S/C11H13F/c1-2-11(12)9-8-10-6-4-3-5-7-10/h2-7,11H,1,8-9H2/t11-/m1/s1. The molecule has 0 unspecified atom stereocenters. The summed E-state index contributed by atoms with van der Waals surface area (Å²) in [5.41, 5.74) is 1.18. The lowest BCUT2D eigenvalue weighted by atomic mass is 10.1. The number of benzene rings is 1. The van der Waals surface area contributed by atoms with Gasteiger partial charge in [-0.2, -0.15) is 0 Å². The predicted octanol–water partition coefficient (Wildman–Crippen LogP) is 3.14. The first kappa shape index (κ1) is 8.98. The first-order valence-electron chi connectivity index (χ1n) is 4.13. The van der Waals surface area contributed by atoms with Gasteiger partial charge in [0.25, 0.3) is 0 Å². The first-order valence-corrected chi connectivity index (χ1v) is 4.13. The summed E-state index contributed by atoms with van der Waals surface area (Å²) in [5.74, 6) is 0. The molecule has 1 rings (SSSR count). The van der Waals surface area contributed by atoms with Gasteiger partial charge >= 0.3 is 0 Å². The van der Waals surface area contributed by atoms with Gasteiger partial charge in [0.1, 0.15) is 6.17 Å². The molecule has 0 bridgehead atoms. The molecule has 0 fully saturated rings. The molecule has 0 radical (unpaired) electrons. The van der Waals surface area contributed by atoms with Gasteiger partial charge in [0.05, 0.1) is 0 Å². The van der Waals surface area contributed by atoms with Crippen molar-refractivity contribution in [3.63, 3.8) is 0 Å². The Kier molecular flexibility index (Phi) is 3.52. The molecule has 1 aromatic carbocycles. The SMILES string of the molecule is C=C[C@@H](F)CCc1ccccc1. The summed E-state index contributed by atoms with van der Waals surface area (Å²) in [4.78, 5) is 0. The molecule has 0 heterocycles. The fourth-order valence-corrected chi connectivity index (χ4v) is 1.07. The molecule has 0 N–H and O–H groups in total. The van der Waals surface area contributed by atoms with E-state index in [-0.39, 0.29) is 0 Å². The van der Waals surface area contributed by atoms with Gasteiger partial charge in [-0.05, 0) is 18.4 Å². The minimum absolute atomic E-state index is 0.535. The number of allylic oxidation sites excluding steroid dienone is 1. The van der Waals surface area contributed by atoms with Crippen LogP contribution in [0.1, 0.15) is 12.0 Å². The van der Waals surface area contributed by atoms with Crippen molar-refractivity contribution in [1.29, 1.82) is 0 Å². The molecule has 64 valence electrons. The molecule has 0 aliphatic heterocycles. The van der Waals surface area contributed by atoms with Crippen molar-refractivity contribution in [2.45, 2.75) is 19.0 Å². The summed E-state index contributed by atoms with van der Waals surface area (Å²) in [6.45, 7) is 3.40. The molecular formula is C11H13F. The third-order valence-corrected chi connectivity index (χ3v) is 1.81. The highest BCUT2D eigenvalue weighted by Gasteiger charge is 1.99. The van der Waals surface area contributed by atoms with Gasteiger partial charge in [-0.3, -0.25) is 0 Å². The van der Waals surface area contributed by atoms with Crippen molar-refractivity contribution in [3.05, 3.63) is 48.6 Å². The molecule has 12 heavy (non-hydrogen) atoms. The molecule has 0 aromatic heterocycles. The zero-order valence-corrected chi connectivity index (χ0v) is 7.04. The molecule has 0 spiro atoms. The number of hydrogen-bond donors (Lipinski definition) is 0. The van der Waals surface area contributed by atoms with E-state index in [9.17, 15) is 4.39 Å². The van der Waals surface area contributed by atoms with Crippen LogP contribution < -0.4 is 0 Å². The Morgan fingerprint density at radius 2 is 2.00 bits per heavy atom.